The second-order valence-corrected chi connectivity index (χ2v) is 9.28. The van der Waals surface area contributed by atoms with Crippen molar-refractivity contribution in [3.8, 4) is 0 Å². The zero-order valence-electron chi connectivity index (χ0n) is 21.0. The van der Waals surface area contributed by atoms with Crippen LogP contribution in [0.2, 0.25) is 0 Å². The van der Waals surface area contributed by atoms with Crippen LogP contribution in [0.3, 0.4) is 0 Å². The lowest BCUT2D eigenvalue weighted by molar-refractivity contribution is 0.0636. The molecule has 8 heteroatoms. The van der Waals surface area contributed by atoms with Crippen molar-refractivity contribution in [1.29, 1.82) is 0 Å². The molecular weight excluding hydrogens is 440 g/mol. The van der Waals surface area contributed by atoms with Crippen molar-refractivity contribution in [3.05, 3.63) is 96.1 Å². The van der Waals surface area contributed by atoms with E-state index in [4.69, 9.17) is 10.5 Å². The average Bonchev–Trinajstić information content (AvgIpc) is 3.35. The number of anilines is 2. The molecule has 2 aromatic heterocycles. The molecule has 4 rings (SSSR count). The summed E-state index contributed by atoms with van der Waals surface area (Å²) >= 11 is 0. The standard InChI is InChI=1S/C16H21N3O2.C11H13N3/c1-12-17-8-9-19(12)11-13-6-5-7-14(10-13)18-15(20)21-16(2,3)4;1-9-13-5-6-14(9)8-10-3-2-4-11(12)7-10/h5-10H,11H2,1-4H3,(H,18,20);2-7H,8,12H2,1H3. The third-order valence-electron chi connectivity index (χ3n) is 5.08. The van der Waals surface area contributed by atoms with E-state index in [-0.39, 0.29) is 0 Å². The Morgan fingerprint density at radius 1 is 0.914 bits per heavy atom. The Hall–Kier alpha value is -4.07. The Balaban J connectivity index is 0.000000211. The molecule has 0 aliphatic heterocycles. The number of nitrogens with zero attached hydrogens (tertiary/aromatic N) is 4. The summed E-state index contributed by atoms with van der Waals surface area (Å²) in [5, 5.41) is 2.75. The van der Waals surface area contributed by atoms with Gasteiger partial charge in [0.15, 0.2) is 0 Å². The van der Waals surface area contributed by atoms with Crippen LogP contribution in [0.25, 0.3) is 0 Å². The molecule has 0 spiro atoms. The van der Waals surface area contributed by atoms with E-state index in [1.807, 2.05) is 100 Å². The van der Waals surface area contributed by atoms with Gasteiger partial charge in [0.2, 0.25) is 0 Å². The number of nitrogen functional groups attached to an aromatic ring is 1. The van der Waals surface area contributed by atoms with E-state index in [1.165, 1.54) is 5.56 Å². The molecule has 0 aliphatic carbocycles. The van der Waals surface area contributed by atoms with Crippen molar-refractivity contribution in [3.63, 3.8) is 0 Å². The van der Waals surface area contributed by atoms with Crippen LogP contribution in [0.1, 0.15) is 43.5 Å². The van der Waals surface area contributed by atoms with Crippen LogP contribution in [0, 0.1) is 13.8 Å². The van der Waals surface area contributed by atoms with Gasteiger partial charge >= 0.3 is 6.09 Å². The first-order chi connectivity index (χ1) is 16.6. The molecule has 2 aromatic carbocycles. The van der Waals surface area contributed by atoms with Gasteiger partial charge < -0.3 is 19.6 Å². The molecule has 0 atom stereocenters. The van der Waals surface area contributed by atoms with Gasteiger partial charge in [-0.15, -0.1) is 0 Å². The number of ether oxygens (including phenoxy) is 1. The third kappa shape index (κ3) is 8.33. The van der Waals surface area contributed by atoms with E-state index in [9.17, 15) is 4.79 Å². The predicted molar refractivity (Wildman–Crippen MR) is 139 cm³/mol. The van der Waals surface area contributed by atoms with Crippen LogP contribution in [0.15, 0.2) is 73.3 Å². The summed E-state index contributed by atoms with van der Waals surface area (Å²) < 4.78 is 9.38. The number of aromatic nitrogens is 4. The lowest BCUT2D eigenvalue weighted by Gasteiger charge is -2.19. The number of carbonyl (C=O) groups excluding carboxylic acids is 1. The number of nitrogens with one attached hydrogen (secondary N) is 1. The average molecular weight is 475 g/mol. The summed E-state index contributed by atoms with van der Waals surface area (Å²) in [7, 11) is 0. The highest BCUT2D eigenvalue weighted by molar-refractivity contribution is 5.84. The smallest absolute Gasteiger partial charge is 0.412 e. The molecule has 0 saturated carbocycles. The summed E-state index contributed by atoms with van der Waals surface area (Å²) in [6.45, 7) is 11.0. The fourth-order valence-electron chi connectivity index (χ4n) is 3.40. The third-order valence-corrected chi connectivity index (χ3v) is 5.08. The van der Waals surface area contributed by atoms with Gasteiger partial charge in [0.25, 0.3) is 0 Å². The van der Waals surface area contributed by atoms with Crippen molar-refractivity contribution < 1.29 is 9.53 Å². The predicted octanol–water partition coefficient (Wildman–Crippen LogP) is 5.41. The van der Waals surface area contributed by atoms with Gasteiger partial charge in [-0.1, -0.05) is 24.3 Å². The first-order valence-electron chi connectivity index (χ1n) is 11.5. The number of imidazole rings is 2. The number of aryl methyl sites for hydroxylation is 2. The van der Waals surface area contributed by atoms with Crippen LogP contribution < -0.4 is 11.1 Å². The Morgan fingerprint density at radius 2 is 1.46 bits per heavy atom. The highest BCUT2D eigenvalue weighted by Gasteiger charge is 2.16. The minimum atomic E-state index is -0.504. The molecule has 8 nitrogen and oxygen atoms in total. The second kappa shape index (κ2) is 11.4. The largest absolute Gasteiger partial charge is 0.444 e. The lowest BCUT2D eigenvalue weighted by atomic mass is 10.2. The number of rotatable bonds is 5. The van der Waals surface area contributed by atoms with Gasteiger partial charge in [0.05, 0.1) is 0 Å². The number of hydrogen-bond acceptors (Lipinski definition) is 5. The van der Waals surface area contributed by atoms with Crippen molar-refractivity contribution >= 4 is 17.5 Å². The maximum absolute atomic E-state index is 11.8. The topological polar surface area (TPSA) is 100.0 Å². The van der Waals surface area contributed by atoms with Gasteiger partial charge in [0.1, 0.15) is 17.2 Å². The highest BCUT2D eigenvalue weighted by Crippen LogP contribution is 2.15. The van der Waals surface area contributed by atoms with Gasteiger partial charge in [-0.2, -0.15) is 0 Å². The molecule has 0 radical (unpaired) electrons. The fraction of sp³-hybridized carbons (Fsp3) is 0.296. The zero-order chi connectivity index (χ0) is 25.4. The Labute approximate surface area is 206 Å². The molecule has 4 aromatic rings. The molecule has 184 valence electrons. The summed E-state index contributed by atoms with van der Waals surface area (Å²) in [6, 6.07) is 15.6. The minimum absolute atomic E-state index is 0.446. The van der Waals surface area contributed by atoms with Crippen molar-refractivity contribution in [2.24, 2.45) is 0 Å². The van der Waals surface area contributed by atoms with Crippen LogP contribution >= 0.6 is 0 Å². The summed E-state index contributed by atoms with van der Waals surface area (Å²) in [4.78, 5) is 20.1. The zero-order valence-corrected chi connectivity index (χ0v) is 21.0. The Bertz CT molecular complexity index is 1250. The van der Waals surface area contributed by atoms with E-state index in [1.54, 1.807) is 6.20 Å². The molecule has 0 aliphatic rings. The molecule has 0 fully saturated rings. The van der Waals surface area contributed by atoms with E-state index < -0.39 is 11.7 Å². The van der Waals surface area contributed by atoms with Crippen LogP contribution in [-0.4, -0.2) is 30.8 Å². The van der Waals surface area contributed by atoms with E-state index in [2.05, 4.69) is 25.9 Å². The molecule has 3 N–H and O–H groups in total. The van der Waals surface area contributed by atoms with E-state index in [0.29, 0.717) is 0 Å². The van der Waals surface area contributed by atoms with Gasteiger partial charge in [0, 0.05) is 49.3 Å². The summed E-state index contributed by atoms with van der Waals surface area (Å²) in [6.07, 6.45) is 7.04. The first-order valence-corrected chi connectivity index (χ1v) is 11.5. The number of hydrogen-bond donors (Lipinski definition) is 2. The molecule has 0 saturated heterocycles. The lowest BCUT2D eigenvalue weighted by Crippen LogP contribution is -2.27. The second-order valence-electron chi connectivity index (χ2n) is 9.28. The van der Waals surface area contributed by atoms with Gasteiger partial charge in [-0.05, 0) is 70.0 Å². The normalized spacial score (nSPS) is 10.9. The first kappa shape index (κ1) is 25.6. The number of benzene rings is 2. The SMILES string of the molecule is Cc1nccn1Cc1cccc(N)c1.Cc1nccn1Cc1cccc(NC(=O)OC(C)(C)C)c1. The molecule has 35 heavy (non-hydrogen) atoms. The molecule has 1 amide bonds. The molecule has 2 heterocycles. The number of carbonyl (C=O) groups is 1. The molecular formula is C27H34N6O2. The van der Waals surface area contributed by atoms with Crippen LogP contribution in [-0.2, 0) is 17.8 Å². The van der Waals surface area contributed by atoms with E-state index in [0.717, 1.165) is 41.7 Å². The quantitative estimate of drug-likeness (QED) is 0.377. The van der Waals surface area contributed by atoms with Gasteiger partial charge in [-0.25, -0.2) is 14.8 Å². The molecule has 0 unspecified atom stereocenters. The highest BCUT2D eigenvalue weighted by atomic mass is 16.6. The summed E-state index contributed by atoms with van der Waals surface area (Å²) in [5.41, 5.74) is 9.01. The minimum Gasteiger partial charge on any atom is -0.444 e. The molecule has 0 bridgehead atoms. The maximum atomic E-state index is 11.8. The maximum Gasteiger partial charge on any atom is 0.412 e. The van der Waals surface area contributed by atoms with Crippen molar-refractivity contribution in [2.45, 2.75) is 53.3 Å². The Morgan fingerprint density at radius 3 is 1.94 bits per heavy atom. The number of nitrogens with two attached hydrogens (primary N) is 1. The monoisotopic (exact) mass is 474 g/mol. The summed E-state index contributed by atoms with van der Waals surface area (Å²) in [5.74, 6) is 1.98. The van der Waals surface area contributed by atoms with Crippen molar-refractivity contribution in [1.82, 2.24) is 19.1 Å². The Kier molecular flexibility index (Phi) is 8.30. The van der Waals surface area contributed by atoms with Crippen molar-refractivity contribution in [2.75, 3.05) is 11.1 Å². The van der Waals surface area contributed by atoms with Crippen LogP contribution in [0.4, 0.5) is 16.2 Å². The van der Waals surface area contributed by atoms with E-state index >= 15 is 0 Å². The fourth-order valence-corrected chi connectivity index (χ4v) is 3.40. The van der Waals surface area contributed by atoms with Gasteiger partial charge in [-0.3, -0.25) is 5.32 Å². The number of amides is 1. The van der Waals surface area contributed by atoms with Crippen LogP contribution in [0.5, 0.6) is 0 Å².